The van der Waals surface area contributed by atoms with E-state index in [1.165, 1.54) is 0 Å². The number of nitrogens with one attached hydrogen (secondary N) is 1. The van der Waals surface area contributed by atoms with Crippen molar-refractivity contribution in [3.05, 3.63) is 71.7 Å². The third kappa shape index (κ3) is 3.99. The minimum atomic E-state index is 0.0261. The van der Waals surface area contributed by atoms with Crippen molar-refractivity contribution in [3.63, 3.8) is 0 Å². The summed E-state index contributed by atoms with van der Waals surface area (Å²) in [6.45, 7) is 4.12. The second kappa shape index (κ2) is 7.54. The van der Waals surface area contributed by atoms with Gasteiger partial charge in [0.05, 0.1) is 11.6 Å². The molecule has 0 radical (unpaired) electrons. The molecule has 1 unspecified atom stereocenters. The van der Waals surface area contributed by atoms with Gasteiger partial charge in [0.15, 0.2) is 5.82 Å². The van der Waals surface area contributed by atoms with Crippen LogP contribution in [0, 0.1) is 11.3 Å². The maximum absolute atomic E-state index is 9.07. The fraction of sp³-hybridized carbons (Fsp3) is 0.200. The van der Waals surface area contributed by atoms with Gasteiger partial charge < -0.3 is 5.32 Å². The Hall–Kier alpha value is -3.26. The fourth-order valence-electron chi connectivity index (χ4n) is 2.57. The Kier molecular flexibility index (Phi) is 5.00. The Balaban J connectivity index is 1.90. The average molecular weight is 329 g/mol. The van der Waals surface area contributed by atoms with Crippen LogP contribution in [0.4, 0.5) is 5.82 Å². The molecule has 5 nitrogen and oxygen atoms in total. The van der Waals surface area contributed by atoms with Crippen LogP contribution in [0.25, 0.3) is 11.4 Å². The molecular weight excluding hydrogens is 310 g/mol. The van der Waals surface area contributed by atoms with Crippen LogP contribution < -0.4 is 5.32 Å². The minimum Gasteiger partial charge on any atom is -0.363 e. The van der Waals surface area contributed by atoms with Gasteiger partial charge in [-0.05, 0) is 43.2 Å². The van der Waals surface area contributed by atoms with Crippen molar-refractivity contribution in [3.8, 4) is 17.5 Å². The average Bonchev–Trinajstić information content (AvgIpc) is 2.68. The molecule has 0 aliphatic heterocycles. The van der Waals surface area contributed by atoms with Gasteiger partial charge in [0.25, 0.3) is 0 Å². The van der Waals surface area contributed by atoms with Crippen LogP contribution >= 0.6 is 0 Å². The van der Waals surface area contributed by atoms with Crippen molar-refractivity contribution >= 4 is 5.82 Å². The predicted octanol–water partition coefficient (Wildman–Crippen LogP) is 4.15. The van der Waals surface area contributed by atoms with Gasteiger partial charge in [-0.15, -0.1) is 0 Å². The molecule has 2 aromatic heterocycles. The Bertz CT molecular complexity index is 899. The zero-order valence-corrected chi connectivity index (χ0v) is 14.3. The lowest BCUT2D eigenvalue weighted by Gasteiger charge is -2.16. The first kappa shape index (κ1) is 16.6. The van der Waals surface area contributed by atoms with Crippen LogP contribution in [0.5, 0.6) is 0 Å². The van der Waals surface area contributed by atoms with Crippen molar-refractivity contribution in [2.45, 2.75) is 26.3 Å². The summed E-state index contributed by atoms with van der Waals surface area (Å²) in [7, 11) is 0. The van der Waals surface area contributed by atoms with E-state index in [2.05, 4.69) is 40.2 Å². The third-order valence-corrected chi connectivity index (χ3v) is 3.96. The molecule has 0 saturated carbocycles. The molecule has 25 heavy (non-hydrogen) atoms. The molecule has 0 amide bonds. The van der Waals surface area contributed by atoms with Crippen molar-refractivity contribution in [2.75, 3.05) is 5.32 Å². The van der Waals surface area contributed by atoms with Crippen LogP contribution in [-0.4, -0.2) is 15.0 Å². The predicted molar refractivity (Wildman–Crippen MR) is 97.8 cm³/mol. The topological polar surface area (TPSA) is 74.5 Å². The largest absolute Gasteiger partial charge is 0.363 e. The number of hydrogen-bond donors (Lipinski definition) is 1. The van der Waals surface area contributed by atoms with Crippen LogP contribution in [0.15, 0.2) is 54.9 Å². The molecule has 0 aliphatic carbocycles. The highest BCUT2D eigenvalue weighted by Crippen LogP contribution is 2.22. The summed E-state index contributed by atoms with van der Waals surface area (Å²) < 4.78 is 0. The first-order valence-corrected chi connectivity index (χ1v) is 8.24. The zero-order chi connectivity index (χ0) is 17.6. The van der Waals surface area contributed by atoms with E-state index < -0.39 is 0 Å². The van der Waals surface area contributed by atoms with Gasteiger partial charge in [0.2, 0.25) is 0 Å². The van der Waals surface area contributed by atoms with Gasteiger partial charge in [-0.25, -0.2) is 9.97 Å². The first-order valence-electron chi connectivity index (χ1n) is 8.24. The molecule has 0 bridgehead atoms. The van der Waals surface area contributed by atoms with Crippen LogP contribution in [0.1, 0.15) is 36.7 Å². The number of nitrogens with zero attached hydrogens (tertiary/aromatic N) is 4. The lowest BCUT2D eigenvalue weighted by molar-refractivity contribution is 0.867. The Morgan fingerprint density at radius 1 is 1.12 bits per heavy atom. The van der Waals surface area contributed by atoms with E-state index in [1.54, 1.807) is 18.5 Å². The molecule has 0 spiro atoms. The normalized spacial score (nSPS) is 11.6. The number of nitriles is 1. The standard InChI is InChI=1S/C20H19N5/c1-3-18-12-19(25-20(24-18)16-7-9-22-10-8-16)23-14(2)17-6-4-5-15(11-17)13-21/h4-12,14H,3H2,1-2H3,(H,23,24,25). The van der Waals surface area contributed by atoms with Gasteiger partial charge in [-0.2, -0.15) is 5.26 Å². The molecule has 124 valence electrons. The molecule has 0 saturated heterocycles. The molecule has 1 N–H and O–H groups in total. The van der Waals surface area contributed by atoms with Crippen LogP contribution in [0.2, 0.25) is 0 Å². The van der Waals surface area contributed by atoms with Gasteiger partial charge in [-0.3, -0.25) is 4.98 Å². The Labute approximate surface area is 147 Å². The smallest absolute Gasteiger partial charge is 0.161 e. The third-order valence-electron chi connectivity index (χ3n) is 3.96. The van der Waals surface area contributed by atoms with Gasteiger partial charge >= 0.3 is 0 Å². The van der Waals surface area contributed by atoms with E-state index in [-0.39, 0.29) is 6.04 Å². The molecule has 5 heteroatoms. The maximum atomic E-state index is 9.07. The van der Waals surface area contributed by atoms with Crippen molar-refractivity contribution in [1.82, 2.24) is 15.0 Å². The van der Waals surface area contributed by atoms with Gasteiger partial charge in [0, 0.05) is 35.8 Å². The molecule has 0 aliphatic rings. The van der Waals surface area contributed by atoms with E-state index in [1.807, 2.05) is 36.4 Å². The summed E-state index contributed by atoms with van der Waals surface area (Å²) in [6.07, 6.45) is 4.30. The summed E-state index contributed by atoms with van der Waals surface area (Å²) in [6, 6.07) is 15.6. The molecule has 3 rings (SSSR count). The molecular formula is C20H19N5. The molecule has 2 heterocycles. The summed E-state index contributed by atoms with van der Waals surface area (Å²) in [5, 5.41) is 12.5. The number of benzene rings is 1. The molecule has 1 aromatic carbocycles. The summed E-state index contributed by atoms with van der Waals surface area (Å²) >= 11 is 0. The van der Waals surface area contributed by atoms with E-state index in [4.69, 9.17) is 5.26 Å². The Morgan fingerprint density at radius 2 is 1.92 bits per heavy atom. The highest BCUT2D eigenvalue weighted by atomic mass is 15.0. The second-order valence-electron chi connectivity index (χ2n) is 5.76. The number of anilines is 1. The number of aromatic nitrogens is 3. The summed E-state index contributed by atoms with van der Waals surface area (Å²) in [4.78, 5) is 13.3. The Morgan fingerprint density at radius 3 is 2.64 bits per heavy atom. The quantitative estimate of drug-likeness (QED) is 0.761. The van der Waals surface area contributed by atoms with Gasteiger partial charge in [0.1, 0.15) is 5.82 Å². The van der Waals surface area contributed by atoms with Crippen molar-refractivity contribution in [1.29, 1.82) is 5.26 Å². The number of rotatable bonds is 5. The van der Waals surface area contributed by atoms with E-state index in [9.17, 15) is 0 Å². The van der Waals surface area contributed by atoms with Crippen molar-refractivity contribution < 1.29 is 0 Å². The lowest BCUT2D eigenvalue weighted by atomic mass is 10.1. The van der Waals surface area contributed by atoms with Crippen LogP contribution in [0.3, 0.4) is 0 Å². The minimum absolute atomic E-state index is 0.0261. The highest BCUT2D eigenvalue weighted by molar-refractivity contribution is 5.57. The summed E-state index contributed by atoms with van der Waals surface area (Å²) in [5.41, 5.74) is 3.61. The second-order valence-corrected chi connectivity index (χ2v) is 5.76. The zero-order valence-electron chi connectivity index (χ0n) is 14.3. The monoisotopic (exact) mass is 329 g/mol. The number of aryl methyl sites for hydroxylation is 1. The lowest BCUT2D eigenvalue weighted by Crippen LogP contribution is -2.10. The highest BCUT2D eigenvalue weighted by Gasteiger charge is 2.10. The molecule has 3 aromatic rings. The summed E-state index contributed by atoms with van der Waals surface area (Å²) in [5.74, 6) is 1.45. The first-order chi connectivity index (χ1) is 12.2. The maximum Gasteiger partial charge on any atom is 0.161 e. The van der Waals surface area contributed by atoms with Crippen LogP contribution in [-0.2, 0) is 6.42 Å². The SMILES string of the molecule is CCc1cc(NC(C)c2cccc(C#N)c2)nc(-c2ccncc2)n1. The molecule has 0 fully saturated rings. The fourth-order valence-corrected chi connectivity index (χ4v) is 2.57. The van der Waals surface area contributed by atoms with Gasteiger partial charge in [-0.1, -0.05) is 19.1 Å². The molecule has 1 atom stereocenters. The van der Waals surface area contributed by atoms with E-state index >= 15 is 0 Å². The van der Waals surface area contributed by atoms with E-state index in [0.717, 1.165) is 29.1 Å². The number of pyridine rings is 1. The van der Waals surface area contributed by atoms with E-state index in [0.29, 0.717) is 11.4 Å². The number of hydrogen-bond acceptors (Lipinski definition) is 5. The van der Waals surface area contributed by atoms with Crippen molar-refractivity contribution in [2.24, 2.45) is 0 Å².